The second kappa shape index (κ2) is 12.6. The largest absolute Gasteiger partial charge is 0.456 e. The molecule has 8 aromatic carbocycles. The van der Waals surface area contributed by atoms with Gasteiger partial charge in [0.1, 0.15) is 11.2 Å². The highest BCUT2D eigenvalue weighted by molar-refractivity contribution is 7.26. The van der Waals surface area contributed by atoms with Crippen molar-refractivity contribution in [2.24, 2.45) is 0 Å². The van der Waals surface area contributed by atoms with Gasteiger partial charge in [-0.05, 0) is 65.7 Å². The second-order valence-corrected chi connectivity index (χ2v) is 15.4. The van der Waals surface area contributed by atoms with Crippen LogP contribution in [0.25, 0.3) is 115 Å². The number of fused-ring (bicyclic) bond motifs is 9. The lowest BCUT2D eigenvalue weighted by molar-refractivity contribution is 0.669. The van der Waals surface area contributed by atoms with Crippen LogP contribution < -0.4 is 0 Å². The highest BCUT2D eigenvalue weighted by Gasteiger charge is 2.19. The predicted octanol–water partition coefficient (Wildman–Crippen LogP) is 13.9. The zero-order valence-electron chi connectivity index (χ0n) is 30.4. The fourth-order valence-corrected chi connectivity index (χ4v) is 9.69. The van der Waals surface area contributed by atoms with Crippen LogP contribution in [0, 0.1) is 0 Å². The van der Waals surface area contributed by atoms with E-state index in [4.69, 9.17) is 19.4 Å². The molecular weight excluding hydrogens is 717 g/mol. The third-order valence-electron chi connectivity index (χ3n) is 11.1. The molecule has 0 aliphatic rings. The first-order valence-electron chi connectivity index (χ1n) is 19.0. The minimum Gasteiger partial charge on any atom is -0.456 e. The summed E-state index contributed by atoms with van der Waals surface area (Å²) in [6.45, 7) is 0. The second-order valence-electron chi connectivity index (χ2n) is 14.4. The molecule has 57 heavy (non-hydrogen) atoms. The lowest BCUT2D eigenvalue weighted by atomic mass is 9.97. The Balaban J connectivity index is 1.02. The van der Waals surface area contributed by atoms with E-state index in [1.807, 2.05) is 84.1 Å². The van der Waals surface area contributed by atoms with Crippen molar-refractivity contribution >= 4 is 75.3 Å². The smallest absolute Gasteiger partial charge is 0.164 e. The number of benzene rings is 8. The Bertz CT molecular complexity index is 3420. The van der Waals surface area contributed by atoms with Gasteiger partial charge in [0.15, 0.2) is 17.5 Å². The number of aromatic nitrogens is 4. The van der Waals surface area contributed by atoms with Gasteiger partial charge in [0, 0.05) is 53.7 Å². The normalized spacial score (nSPS) is 11.9. The van der Waals surface area contributed by atoms with Crippen LogP contribution in [0.5, 0.6) is 0 Å². The maximum absolute atomic E-state index is 6.44. The summed E-state index contributed by atoms with van der Waals surface area (Å²) in [5.41, 5.74) is 10.4. The molecule has 4 aromatic heterocycles. The first-order valence-corrected chi connectivity index (χ1v) is 19.8. The number of hydrogen-bond acceptors (Lipinski definition) is 5. The maximum Gasteiger partial charge on any atom is 0.164 e. The Hall–Kier alpha value is -7.41. The standard InChI is InChI=1S/C51H30N4OS/c1-3-13-31(14-4-1)49-52-50(32-15-5-2-6-16-32)54-51(53-49)34-26-28-45-40(30-34)39-29-33(25-27-44(39)56-45)35-19-12-24-46-47(35)38-20-11-23-43(48(38)57-46)55-41-21-9-7-17-36(41)37-18-8-10-22-42(37)55/h1-30H. The van der Waals surface area contributed by atoms with Crippen LogP contribution in [-0.4, -0.2) is 19.5 Å². The van der Waals surface area contributed by atoms with E-state index >= 15 is 0 Å². The van der Waals surface area contributed by atoms with Crippen LogP contribution in [0.15, 0.2) is 186 Å². The van der Waals surface area contributed by atoms with Crippen molar-refractivity contribution < 1.29 is 4.42 Å². The maximum atomic E-state index is 6.44. The Labute approximate surface area is 330 Å². The van der Waals surface area contributed by atoms with Gasteiger partial charge in [0.25, 0.3) is 0 Å². The molecule has 5 nitrogen and oxygen atoms in total. The molecule has 0 saturated carbocycles. The lowest BCUT2D eigenvalue weighted by Gasteiger charge is -2.10. The molecule has 0 atom stereocenters. The predicted molar refractivity (Wildman–Crippen MR) is 236 cm³/mol. The topological polar surface area (TPSA) is 56.7 Å². The molecule has 0 aliphatic heterocycles. The molecule has 6 heteroatoms. The summed E-state index contributed by atoms with van der Waals surface area (Å²) in [4.78, 5) is 14.9. The van der Waals surface area contributed by atoms with Gasteiger partial charge in [0.05, 0.1) is 21.4 Å². The van der Waals surface area contributed by atoms with Gasteiger partial charge in [-0.2, -0.15) is 0 Å². The van der Waals surface area contributed by atoms with Crippen molar-refractivity contribution in [2.45, 2.75) is 0 Å². The summed E-state index contributed by atoms with van der Waals surface area (Å²) in [5.74, 6) is 1.89. The molecule has 4 heterocycles. The zero-order chi connectivity index (χ0) is 37.5. The summed E-state index contributed by atoms with van der Waals surface area (Å²) in [5, 5.41) is 7.11. The van der Waals surface area contributed by atoms with E-state index in [0.717, 1.165) is 44.2 Å². The molecule has 12 rings (SSSR count). The van der Waals surface area contributed by atoms with Crippen molar-refractivity contribution in [1.29, 1.82) is 0 Å². The van der Waals surface area contributed by atoms with Gasteiger partial charge in [-0.3, -0.25) is 0 Å². The van der Waals surface area contributed by atoms with Gasteiger partial charge < -0.3 is 8.98 Å². The molecule has 0 bridgehead atoms. The summed E-state index contributed by atoms with van der Waals surface area (Å²) in [7, 11) is 0. The molecular formula is C51H30N4OS. The van der Waals surface area contributed by atoms with E-state index in [-0.39, 0.29) is 0 Å². The van der Waals surface area contributed by atoms with Gasteiger partial charge in [-0.15, -0.1) is 11.3 Å². The third-order valence-corrected chi connectivity index (χ3v) is 12.3. The van der Waals surface area contributed by atoms with Gasteiger partial charge in [-0.25, -0.2) is 15.0 Å². The van der Waals surface area contributed by atoms with Crippen molar-refractivity contribution in [3.63, 3.8) is 0 Å². The van der Waals surface area contributed by atoms with Crippen molar-refractivity contribution in [3.05, 3.63) is 182 Å². The molecule has 0 fully saturated rings. The lowest BCUT2D eigenvalue weighted by Crippen LogP contribution is -2.00. The van der Waals surface area contributed by atoms with Crippen LogP contribution in [0.2, 0.25) is 0 Å². The molecule has 0 spiro atoms. The first-order chi connectivity index (χ1) is 28.2. The van der Waals surface area contributed by atoms with Gasteiger partial charge >= 0.3 is 0 Å². The average Bonchev–Trinajstić information content (AvgIpc) is 3.96. The van der Waals surface area contributed by atoms with Gasteiger partial charge in [-0.1, -0.05) is 127 Å². The van der Waals surface area contributed by atoms with Crippen molar-refractivity contribution in [2.75, 3.05) is 0 Å². The molecule has 0 amide bonds. The molecule has 12 aromatic rings. The summed E-state index contributed by atoms with van der Waals surface area (Å²) < 4.78 is 11.4. The Morgan fingerprint density at radius 3 is 1.58 bits per heavy atom. The fraction of sp³-hybridized carbons (Fsp3) is 0. The molecule has 0 aliphatic carbocycles. The number of thiophene rings is 1. The van der Waals surface area contributed by atoms with E-state index in [9.17, 15) is 0 Å². The van der Waals surface area contributed by atoms with Crippen molar-refractivity contribution in [1.82, 2.24) is 19.5 Å². The number of nitrogens with zero attached hydrogens (tertiary/aromatic N) is 4. The molecule has 0 saturated heterocycles. The minimum absolute atomic E-state index is 0.615. The Kier molecular flexibility index (Phi) is 7.03. The summed E-state index contributed by atoms with van der Waals surface area (Å²) >= 11 is 1.86. The molecule has 0 radical (unpaired) electrons. The number of para-hydroxylation sites is 2. The zero-order valence-corrected chi connectivity index (χ0v) is 31.2. The van der Waals surface area contributed by atoms with E-state index < -0.39 is 0 Å². The van der Waals surface area contributed by atoms with E-state index in [2.05, 4.69) is 114 Å². The number of hydrogen-bond donors (Lipinski definition) is 0. The van der Waals surface area contributed by atoms with E-state index in [1.165, 1.54) is 53.2 Å². The fourth-order valence-electron chi connectivity index (χ4n) is 8.45. The van der Waals surface area contributed by atoms with E-state index in [1.54, 1.807) is 0 Å². The van der Waals surface area contributed by atoms with Crippen molar-refractivity contribution in [3.8, 4) is 51.0 Å². The van der Waals surface area contributed by atoms with Crippen LogP contribution in [0.1, 0.15) is 0 Å². The summed E-state index contributed by atoms with van der Waals surface area (Å²) in [6, 6.07) is 63.8. The Morgan fingerprint density at radius 1 is 0.404 bits per heavy atom. The first kappa shape index (κ1) is 31.9. The summed E-state index contributed by atoms with van der Waals surface area (Å²) in [6.07, 6.45) is 0. The van der Waals surface area contributed by atoms with Crippen LogP contribution in [-0.2, 0) is 0 Å². The minimum atomic E-state index is 0.615. The Morgan fingerprint density at radius 2 is 0.930 bits per heavy atom. The third kappa shape index (κ3) is 5.04. The SMILES string of the molecule is c1ccc(-c2nc(-c3ccccc3)nc(-c3ccc4oc5ccc(-c6cccc7sc8c(-n9c%10ccccc%10c%10ccccc%109)cccc8c67)cc5c4c3)n2)cc1. The monoisotopic (exact) mass is 746 g/mol. The molecule has 266 valence electrons. The van der Waals surface area contributed by atoms with Crippen LogP contribution in [0.3, 0.4) is 0 Å². The van der Waals surface area contributed by atoms with E-state index in [0.29, 0.717) is 17.5 Å². The average molecular weight is 747 g/mol. The highest BCUT2D eigenvalue weighted by atomic mass is 32.1. The highest BCUT2D eigenvalue weighted by Crippen LogP contribution is 2.45. The van der Waals surface area contributed by atoms with Crippen LogP contribution in [0.4, 0.5) is 0 Å². The molecule has 0 unspecified atom stereocenters. The number of furan rings is 1. The number of rotatable bonds is 5. The molecule has 0 N–H and O–H groups in total. The quantitative estimate of drug-likeness (QED) is 0.176. The van der Waals surface area contributed by atoms with Crippen LogP contribution >= 0.6 is 11.3 Å². The van der Waals surface area contributed by atoms with Gasteiger partial charge in [0.2, 0.25) is 0 Å².